The van der Waals surface area contributed by atoms with E-state index in [2.05, 4.69) is 4.74 Å². The molecular formula is C15H25NO3. The van der Waals surface area contributed by atoms with Crippen molar-refractivity contribution in [2.75, 3.05) is 26.7 Å². The van der Waals surface area contributed by atoms with Crippen LogP contribution in [0.4, 0.5) is 0 Å². The maximum absolute atomic E-state index is 10.3. The highest BCUT2D eigenvalue weighted by Gasteiger charge is 2.05. The molecule has 1 aromatic carbocycles. The molecule has 0 heterocycles. The molecule has 1 rings (SSSR count). The van der Waals surface area contributed by atoms with Crippen molar-refractivity contribution in [2.24, 2.45) is 0 Å². The molecule has 1 aromatic rings. The standard InChI is InChI=1S/C15H25NO3/c1-12(2)16-10-14(17)11-19-15-6-4-13(5-7-15)8-9-18-3/h4-7,12,14,16-17H,8-11H2,1-3H3/i3D3,8D2,9D2,10D2,11D2,12D,14D. The van der Waals surface area contributed by atoms with Gasteiger partial charge in [-0.05, 0) is 24.1 Å². The SMILES string of the molecule is [2H]C(C)(C)NC([2H])([2H])C([2H])(O)C([2H])([2H])Oc1ccc(C([2H])([2H])C([2H])([2H])OC([2H])([2H])[2H])cc1. The maximum Gasteiger partial charge on any atom is 0.119 e. The number of aliphatic hydroxyl groups is 1. The normalized spacial score (nSPS) is 28.7. The van der Waals surface area contributed by atoms with Gasteiger partial charge in [0.05, 0.1) is 17.5 Å². The van der Waals surface area contributed by atoms with Crippen LogP contribution in [0.25, 0.3) is 0 Å². The van der Waals surface area contributed by atoms with Crippen LogP contribution < -0.4 is 10.1 Å². The minimum absolute atomic E-state index is 0.376. The Kier molecular flexibility index (Phi) is 2.51. The smallest absolute Gasteiger partial charge is 0.119 e. The Bertz CT molecular complexity index is 785. The van der Waals surface area contributed by atoms with Crippen LogP contribution in [-0.4, -0.2) is 43.9 Å². The molecule has 0 aliphatic carbocycles. The van der Waals surface area contributed by atoms with Gasteiger partial charge >= 0.3 is 0 Å². The first-order valence-electron chi connectivity index (χ1n) is 11.9. The lowest BCUT2D eigenvalue weighted by atomic mass is 10.1. The molecule has 0 aliphatic heterocycles. The van der Waals surface area contributed by atoms with E-state index in [4.69, 9.17) is 22.6 Å². The highest BCUT2D eigenvalue weighted by atomic mass is 16.5. The Hall–Kier alpha value is -1.10. The average molecular weight is 280 g/mol. The van der Waals surface area contributed by atoms with Crippen LogP contribution in [-0.2, 0) is 11.1 Å². The van der Waals surface area contributed by atoms with Crippen molar-refractivity contribution in [3.05, 3.63) is 29.8 Å². The van der Waals surface area contributed by atoms with E-state index in [-0.39, 0.29) is 11.3 Å². The van der Waals surface area contributed by atoms with Gasteiger partial charge < -0.3 is 19.9 Å². The third-order valence-electron chi connectivity index (χ3n) is 1.80. The lowest BCUT2D eigenvalue weighted by Gasteiger charge is -2.15. The van der Waals surface area contributed by atoms with Gasteiger partial charge in [0, 0.05) is 26.4 Å². The fraction of sp³-hybridized carbons (Fsp3) is 0.600. The summed E-state index contributed by atoms with van der Waals surface area (Å²) < 4.78 is 108. The van der Waals surface area contributed by atoms with Gasteiger partial charge in [0.25, 0.3) is 0 Å². The summed E-state index contributed by atoms with van der Waals surface area (Å²) in [6.07, 6.45) is -6.49. The van der Waals surface area contributed by atoms with Gasteiger partial charge in [-0.2, -0.15) is 0 Å². The Labute approximate surface area is 134 Å². The van der Waals surface area contributed by atoms with Crippen molar-refractivity contribution in [1.29, 1.82) is 0 Å². The van der Waals surface area contributed by atoms with E-state index in [1.54, 1.807) is 0 Å². The van der Waals surface area contributed by atoms with Crippen LogP contribution in [0.3, 0.4) is 0 Å². The van der Waals surface area contributed by atoms with E-state index in [0.29, 0.717) is 0 Å². The monoisotopic (exact) mass is 280 g/mol. The summed E-state index contributed by atoms with van der Waals surface area (Å²) in [5.74, 6) is -0.376. The molecule has 4 nitrogen and oxygen atoms in total. The molecule has 19 heavy (non-hydrogen) atoms. The van der Waals surface area contributed by atoms with Gasteiger partial charge in [0.1, 0.15) is 18.4 Å². The van der Waals surface area contributed by atoms with Crippen molar-refractivity contribution in [1.82, 2.24) is 5.32 Å². The molecule has 0 aromatic heterocycles. The molecule has 0 saturated heterocycles. The molecule has 0 radical (unpaired) electrons. The van der Waals surface area contributed by atoms with E-state index >= 15 is 0 Å². The number of benzene rings is 1. The molecule has 0 bridgehead atoms. The second-order valence-electron chi connectivity index (χ2n) is 3.66. The lowest BCUT2D eigenvalue weighted by molar-refractivity contribution is 0.104. The minimum Gasteiger partial charge on any atom is -0.491 e. The summed E-state index contributed by atoms with van der Waals surface area (Å²) in [6, 6.07) is 2.16. The van der Waals surface area contributed by atoms with Crippen LogP contribution in [0.2, 0.25) is 0 Å². The Morgan fingerprint density at radius 1 is 1.42 bits per heavy atom. The van der Waals surface area contributed by atoms with Crippen LogP contribution in [0.5, 0.6) is 5.75 Å². The number of methoxy groups -OCH3 is 1. The average Bonchev–Trinajstić information content (AvgIpc) is 2.49. The first kappa shape index (κ1) is 5.35. The molecule has 2 N–H and O–H groups in total. The van der Waals surface area contributed by atoms with E-state index in [0.717, 1.165) is 24.3 Å². The van der Waals surface area contributed by atoms with Gasteiger partial charge in [-0.25, -0.2) is 0 Å². The highest BCUT2D eigenvalue weighted by molar-refractivity contribution is 5.27. The van der Waals surface area contributed by atoms with E-state index in [1.807, 2.05) is 5.32 Å². The molecule has 0 saturated carbocycles. The van der Waals surface area contributed by atoms with Gasteiger partial charge in [-0.3, -0.25) is 0 Å². The molecular weight excluding hydrogens is 242 g/mol. The molecule has 0 aliphatic rings. The molecule has 0 fully saturated rings. The first-order valence-corrected chi connectivity index (χ1v) is 5.36. The quantitative estimate of drug-likeness (QED) is 0.721. The van der Waals surface area contributed by atoms with Gasteiger partial charge in [-0.15, -0.1) is 0 Å². The Morgan fingerprint density at radius 3 is 2.79 bits per heavy atom. The third-order valence-corrected chi connectivity index (χ3v) is 1.80. The van der Waals surface area contributed by atoms with Crippen LogP contribution in [0.15, 0.2) is 24.3 Å². The molecule has 0 spiro atoms. The summed E-state index contributed by atoms with van der Waals surface area (Å²) in [5.41, 5.74) is -0.381. The van der Waals surface area contributed by atoms with Crippen molar-refractivity contribution < 1.29 is 32.4 Å². The first-order chi connectivity index (χ1) is 13.8. The Balaban J connectivity index is 3.16. The molecule has 1 unspecified atom stereocenters. The number of hydrogen-bond donors (Lipinski definition) is 2. The van der Waals surface area contributed by atoms with Crippen LogP contribution in [0.1, 0.15) is 37.2 Å². The predicted octanol–water partition coefficient (Wildman–Crippen LogP) is 1.61. The molecule has 0 amide bonds. The third kappa shape index (κ3) is 7.15. The summed E-state index contributed by atoms with van der Waals surface area (Å²) in [7, 11) is -3.21. The number of hydrogen-bond acceptors (Lipinski definition) is 4. The highest BCUT2D eigenvalue weighted by Crippen LogP contribution is 2.12. The van der Waals surface area contributed by atoms with Crippen molar-refractivity contribution in [2.45, 2.75) is 32.3 Å². The van der Waals surface area contributed by atoms with Crippen molar-refractivity contribution in [3.8, 4) is 5.75 Å². The second-order valence-corrected chi connectivity index (χ2v) is 3.66. The fourth-order valence-corrected chi connectivity index (χ4v) is 1.01. The van der Waals surface area contributed by atoms with Crippen molar-refractivity contribution >= 4 is 0 Å². The predicted molar refractivity (Wildman–Crippen MR) is 76.7 cm³/mol. The topological polar surface area (TPSA) is 50.7 Å². The zero-order chi connectivity index (χ0) is 25.6. The molecule has 4 heteroatoms. The fourth-order valence-electron chi connectivity index (χ4n) is 1.01. The summed E-state index contributed by atoms with van der Waals surface area (Å²) >= 11 is 0. The van der Waals surface area contributed by atoms with E-state index in [1.165, 1.54) is 13.8 Å². The number of ether oxygens (including phenoxy) is 2. The largest absolute Gasteiger partial charge is 0.491 e. The van der Waals surface area contributed by atoms with E-state index < -0.39 is 45.1 Å². The number of aryl methyl sites for hydroxylation is 1. The second kappa shape index (κ2) is 8.91. The maximum atomic E-state index is 10.3. The molecule has 108 valence electrons. The summed E-state index contributed by atoms with van der Waals surface area (Å²) in [5, 5.41) is 12.2. The van der Waals surface area contributed by atoms with Crippen molar-refractivity contribution in [3.63, 3.8) is 0 Å². The van der Waals surface area contributed by atoms with Gasteiger partial charge in [0.15, 0.2) is 0 Å². The number of rotatable bonds is 9. The lowest BCUT2D eigenvalue weighted by Crippen LogP contribution is -2.35. The summed E-state index contributed by atoms with van der Waals surface area (Å²) in [6.45, 7) is -7.32. The van der Waals surface area contributed by atoms with Crippen LogP contribution in [0, 0.1) is 0 Å². The van der Waals surface area contributed by atoms with Crippen LogP contribution >= 0.6 is 0 Å². The Morgan fingerprint density at radius 2 is 2.16 bits per heavy atom. The van der Waals surface area contributed by atoms with Gasteiger partial charge in [0.2, 0.25) is 0 Å². The molecule has 1 atom stereocenters. The number of nitrogens with one attached hydrogen (secondary N) is 1. The zero-order valence-corrected chi connectivity index (χ0v) is 10.6. The summed E-state index contributed by atoms with van der Waals surface area (Å²) in [4.78, 5) is 0. The zero-order valence-electron chi connectivity index (χ0n) is 23.6. The minimum atomic E-state index is -3.54. The van der Waals surface area contributed by atoms with Gasteiger partial charge in [-0.1, -0.05) is 26.0 Å². The van der Waals surface area contributed by atoms with E-state index in [9.17, 15) is 5.11 Å².